The van der Waals surface area contributed by atoms with Gasteiger partial charge in [-0.25, -0.2) is 9.69 Å². The van der Waals surface area contributed by atoms with Gasteiger partial charge in [0, 0.05) is 5.02 Å². The zero-order valence-electron chi connectivity index (χ0n) is 15.5. The number of methoxy groups -OCH3 is 1. The summed E-state index contributed by atoms with van der Waals surface area (Å²) in [5.74, 6) is -0.475. The summed E-state index contributed by atoms with van der Waals surface area (Å²) in [5, 5.41) is 2.54. The molecule has 0 spiro atoms. The zero-order valence-corrected chi connectivity index (χ0v) is 18.4. The Morgan fingerprint density at radius 1 is 1.21 bits per heavy atom. The van der Waals surface area contributed by atoms with Crippen molar-refractivity contribution >= 4 is 63.8 Å². The van der Waals surface area contributed by atoms with E-state index in [2.05, 4.69) is 27.9 Å². The van der Waals surface area contributed by atoms with Crippen LogP contribution < -0.4 is 19.7 Å². The van der Waals surface area contributed by atoms with E-state index in [0.29, 0.717) is 28.7 Å². The number of nitrogens with zero attached hydrogens (tertiary/aromatic N) is 1. The summed E-state index contributed by atoms with van der Waals surface area (Å²) in [6.45, 7) is 2.26. The molecule has 0 atom stereocenters. The molecule has 3 rings (SSSR count). The third-order valence-corrected chi connectivity index (χ3v) is 5.05. The van der Waals surface area contributed by atoms with Gasteiger partial charge in [0.15, 0.2) is 11.5 Å². The fourth-order valence-corrected chi connectivity index (χ4v) is 3.84. The molecule has 29 heavy (non-hydrogen) atoms. The minimum absolute atomic E-state index is 0.187. The Kier molecular flexibility index (Phi) is 6.43. The fraction of sp³-hybridized carbons (Fsp3) is 0.150. The van der Waals surface area contributed by atoms with E-state index in [0.717, 1.165) is 8.47 Å². The van der Waals surface area contributed by atoms with Crippen LogP contribution in [0, 0.1) is 3.57 Å². The van der Waals surface area contributed by atoms with Gasteiger partial charge in [-0.2, -0.15) is 0 Å². The van der Waals surface area contributed by atoms with E-state index in [9.17, 15) is 14.4 Å². The number of benzene rings is 2. The van der Waals surface area contributed by atoms with Crippen molar-refractivity contribution in [3.63, 3.8) is 0 Å². The highest BCUT2D eigenvalue weighted by Crippen LogP contribution is 2.35. The Hall–Kier alpha value is -2.59. The SMILES string of the molecule is CCOc1cc(/C=C2\C(=O)NC(=O)N(c3cccc(Cl)c3)C2=O)cc(I)c1OC. The van der Waals surface area contributed by atoms with Crippen molar-refractivity contribution in [1.29, 1.82) is 0 Å². The summed E-state index contributed by atoms with van der Waals surface area (Å²) >= 11 is 8.05. The monoisotopic (exact) mass is 526 g/mol. The van der Waals surface area contributed by atoms with Crippen molar-refractivity contribution in [1.82, 2.24) is 5.32 Å². The lowest BCUT2D eigenvalue weighted by molar-refractivity contribution is -0.122. The lowest BCUT2D eigenvalue weighted by atomic mass is 10.1. The van der Waals surface area contributed by atoms with Gasteiger partial charge in [-0.05, 0) is 71.5 Å². The first-order valence-corrected chi connectivity index (χ1v) is 9.98. The number of hydrogen-bond donors (Lipinski definition) is 1. The van der Waals surface area contributed by atoms with E-state index in [4.69, 9.17) is 21.1 Å². The number of anilines is 1. The molecule has 9 heteroatoms. The number of urea groups is 1. The van der Waals surface area contributed by atoms with E-state index < -0.39 is 17.8 Å². The molecule has 1 heterocycles. The average molecular weight is 527 g/mol. The molecule has 1 fully saturated rings. The smallest absolute Gasteiger partial charge is 0.335 e. The number of carbonyl (C=O) groups is 3. The topological polar surface area (TPSA) is 84.9 Å². The fourth-order valence-electron chi connectivity index (χ4n) is 2.81. The van der Waals surface area contributed by atoms with Crippen LogP contribution >= 0.6 is 34.2 Å². The highest BCUT2D eigenvalue weighted by Gasteiger charge is 2.37. The molecule has 1 N–H and O–H groups in total. The van der Waals surface area contributed by atoms with E-state index in [-0.39, 0.29) is 11.3 Å². The molecule has 2 aromatic rings. The number of halogens is 2. The van der Waals surface area contributed by atoms with Crippen LogP contribution in [0.1, 0.15) is 12.5 Å². The minimum atomic E-state index is -0.835. The molecule has 1 aliphatic heterocycles. The maximum Gasteiger partial charge on any atom is 0.335 e. The normalized spacial score (nSPS) is 15.5. The summed E-state index contributed by atoms with van der Waals surface area (Å²) in [5.41, 5.74) is 0.628. The van der Waals surface area contributed by atoms with Crippen LogP contribution in [-0.4, -0.2) is 31.6 Å². The Labute approximate surface area is 185 Å². The van der Waals surface area contributed by atoms with Crippen molar-refractivity contribution in [2.75, 3.05) is 18.6 Å². The molecule has 7 nitrogen and oxygen atoms in total. The molecule has 0 aliphatic carbocycles. The van der Waals surface area contributed by atoms with Gasteiger partial charge in [-0.1, -0.05) is 17.7 Å². The molecule has 0 aromatic heterocycles. The van der Waals surface area contributed by atoms with Gasteiger partial charge in [-0.15, -0.1) is 0 Å². The zero-order chi connectivity index (χ0) is 21.1. The Morgan fingerprint density at radius 3 is 2.62 bits per heavy atom. The highest BCUT2D eigenvalue weighted by molar-refractivity contribution is 14.1. The second-order valence-corrected chi connectivity index (χ2v) is 7.50. The molecule has 1 aliphatic rings. The number of barbiturate groups is 1. The molecule has 0 saturated carbocycles. The number of rotatable bonds is 5. The summed E-state index contributed by atoms with van der Waals surface area (Å²) in [6.07, 6.45) is 1.41. The summed E-state index contributed by atoms with van der Waals surface area (Å²) in [7, 11) is 1.53. The van der Waals surface area contributed by atoms with E-state index in [1.54, 1.807) is 30.3 Å². The number of imide groups is 2. The predicted octanol–water partition coefficient (Wildman–Crippen LogP) is 4.02. The van der Waals surface area contributed by atoms with E-state index >= 15 is 0 Å². The van der Waals surface area contributed by atoms with E-state index in [1.165, 1.54) is 19.3 Å². The van der Waals surface area contributed by atoms with Gasteiger partial charge in [0.05, 0.1) is 23.0 Å². The van der Waals surface area contributed by atoms with Crippen molar-refractivity contribution in [3.8, 4) is 11.5 Å². The summed E-state index contributed by atoms with van der Waals surface area (Å²) < 4.78 is 11.7. The van der Waals surface area contributed by atoms with Crippen LogP contribution in [0.2, 0.25) is 5.02 Å². The minimum Gasteiger partial charge on any atom is -0.492 e. The first kappa shape index (κ1) is 21.1. The number of carbonyl (C=O) groups excluding carboxylic acids is 3. The molecule has 0 unspecified atom stereocenters. The van der Waals surface area contributed by atoms with Crippen molar-refractivity contribution in [2.45, 2.75) is 6.92 Å². The first-order valence-electron chi connectivity index (χ1n) is 8.53. The molecule has 150 valence electrons. The number of ether oxygens (including phenoxy) is 2. The third kappa shape index (κ3) is 4.38. The highest BCUT2D eigenvalue weighted by atomic mass is 127. The standard InChI is InChI=1S/C20H16ClIN2O5/c1-3-29-16-9-11(8-15(22)17(16)28-2)7-14-18(25)23-20(27)24(19(14)26)13-6-4-5-12(21)10-13/h4-10H,3H2,1-2H3,(H,23,25,27)/b14-7+. The number of hydrogen-bond acceptors (Lipinski definition) is 5. The van der Waals surface area contributed by atoms with Crippen LogP contribution in [0.4, 0.5) is 10.5 Å². The largest absolute Gasteiger partial charge is 0.492 e. The van der Waals surface area contributed by atoms with Gasteiger partial charge in [0.25, 0.3) is 11.8 Å². The van der Waals surface area contributed by atoms with Gasteiger partial charge in [0.2, 0.25) is 0 Å². The summed E-state index contributed by atoms with van der Waals surface area (Å²) in [4.78, 5) is 38.4. The molecule has 2 aromatic carbocycles. The Balaban J connectivity index is 2.05. The molecule has 4 amide bonds. The van der Waals surface area contributed by atoms with Crippen LogP contribution in [-0.2, 0) is 9.59 Å². The third-order valence-electron chi connectivity index (χ3n) is 4.01. The second-order valence-electron chi connectivity index (χ2n) is 5.90. The number of amides is 4. The van der Waals surface area contributed by atoms with Crippen molar-refractivity contribution in [2.24, 2.45) is 0 Å². The lowest BCUT2D eigenvalue weighted by Crippen LogP contribution is -2.54. The molecular weight excluding hydrogens is 511 g/mol. The molecule has 1 saturated heterocycles. The second kappa shape index (κ2) is 8.83. The molecule has 0 bridgehead atoms. The van der Waals surface area contributed by atoms with E-state index in [1.807, 2.05) is 6.92 Å². The lowest BCUT2D eigenvalue weighted by Gasteiger charge is -2.26. The number of nitrogens with one attached hydrogen (secondary N) is 1. The maximum absolute atomic E-state index is 13.0. The first-order chi connectivity index (χ1) is 13.8. The van der Waals surface area contributed by atoms with Gasteiger partial charge < -0.3 is 9.47 Å². The molecular formula is C20H16ClIN2O5. The maximum atomic E-state index is 13.0. The van der Waals surface area contributed by atoms with Gasteiger partial charge in [-0.3, -0.25) is 14.9 Å². The predicted molar refractivity (Wildman–Crippen MR) is 117 cm³/mol. The van der Waals surface area contributed by atoms with Gasteiger partial charge in [0.1, 0.15) is 5.57 Å². The average Bonchev–Trinajstić information content (AvgIpc) is 2.65. The quantitative estimate of drug-likeness (QED) is 0.361. The Morgan fingerprint density at radius 2 is 1.97 bits per heavy atom. The van der Waals surface area contributed by atoms with Crippen LogP contribution in [0.3, 0.4) is 0 Å². The van der Waals surface area contributed by atoms with Crippen LogP contribution in [0.15, 0.2) is 42.0 Å². The molecule has 0 radical (unpaired) electrons. The van der Waals surface area contributed by atoms with Crippen molar-refractivity contribution in [3.05, 3.63) is 56.1 Å². The van der Waals surface area contributed by atoms with Crippen LogP contribution in [0.25, 0.3) is 6.08 Å². The van der Waals surface area contributed by atoms with Crippen molar-refractivity contribution < 1.29 is 23.9 Å². The van der Waals surface area contributed by atoms with Crippen LogP contribution in [0.5, 0.6) is 11.5 Å². The summed E-state index contributed by atoms with van der Waals surface area (Å²) in [6, 6.07) is 8.83. The van der Waals surface area contributed by atoms with Gasteiger partial charge >= 0.3 is 6.03 Å². The Bertz CT molecular complexity index is 1040.